The molecule has 73 heavy (non-hydrogen) atoms. The van der Waals surface area contributed by atoms with Gasteiger partial charge in [0.25, 0.3) is 0 Å². The van der Waals surface area contributed by atoms with Gasteiger partial charge in [0.15, 0.2) is 0 Å². The van der Waals surface area contributed by atoms with Crippen molar-refractivity contribution in [3.63, 3.8) is 0 Å². The SMILES string of the molecule is c1ccc(C2(c3ccccc3)c3ccccc3-c3ccc(N(c4ccc(-c5ccc(-c6ccc7ccccc7c6)cc5)cc4)c4ccc5c(c4)C4(c6ccccc6-c6ccccc64)c4ccccc4-5)cc32)cc1. The van der Waals surface area contributed by atoms with Gasteiger partial charge in [-0.3, -0.25) is 0 Å². The summed E-state index contributed by atoms with van der Waals surface area (Å²) in [6.45, 7) is 0. The molecule has 0 saturated carbocycles. The van der Waals surface area contributed by atoms with Crippen LogP contribution in [0.5, 0.6) is 0 Å². The molecule has 12 aromatic rings. The molecule has 3 aliphatic rings. The van der Waals surface area contributed by atoms with Crippen LogP contribution in [0, 0.1) is 0 Å². The summed E-state index contributed by atoms with van der Waals surface area (Å²) in [6.07, 6.45) is 0. The number of hydrogen-bond donors (Lipinski definition) is 0. The van der Waals surface area contributed by atoms with E-state index in [4.69, 9.17) is 0 Å². The Morgan fingerprint density at radius 2 is 0.548 bits per heavy atom. The van der Waals surface area contributed by atoms with Crippen LogP contribution in [0.1, 0.15) is 44.5 Å². The fraction of sp³-hybridized carbons (Fsp3) is 0.0278. The Morgan fingerprint density at radius 1 is 0.205 bits per heavy atom. The van der Waals surface area contributed by atoms with Gasteiger partial charge in [-0.05, 0) is 153 Å². The summed E-state index contributed by atoms with van der Waals surface area (Å²) in [5, 5.41) is 2.51. The maximum absolute atomic E-state index is 2.51. The molecule has 0 aromatic heterocycles. The van der Waals surface area contributed by atoms with E-state index in [1.807, 2.05) is 0 Å². The lowest BCUT2D eigenvalue weighted by Gasteiger charge is -2.35. The zero-order chi connectivity index (χ0) is 48.1. The van der Waals surface area contributed by atoms with Gasteiger partial charge in [0.05, 0.1) is 10.8 Å². The molecule has 0 bridgehead atoms. The lowest BCUT2D eigenvalue weighted by atomic mass is 9.67. The third-order valence-corrected chi connectivity index (χ3v) is 16.4. The monoisotopic (exact) mass is 925 g/mol. The Morgan fingerprint density at radius 3 is 1.04 bits per heavy atom. The van der Waals surface area contributed by atoms with Gasteiger partial charge in [0.2, 0.25) is 0 Å². The van der Waals surface area contributed by atoms with E-state index >= 15 is 0 Å². The normalized spacial score (nSPS) is 13.7. The predicted molar refractivity (Wildman–Crippen MR) is 303 cm³/mol. The van der Waals surface area contributed by atoms with Crippen molar-refractivity contribution in [2.75, 3.05) is 4.90 Å². The van der Waals surface area contributed by atoms with Crippen LogP contribution in [0.25, 0.3) is 66.4 Å². The van der Waals surface area contributed by atoms with Crippen molar-refractivity contribution in [3.8, 4) is 55.6 Å². The van der Waals surface area contributed by atoms with Crippen molar-refractivity contribution in [1.29, 1.82) is 0 Å². The second kappa shape index (κ2) is 16.1. The van der Waals surface area contributed by atoms with E-state index < -0.39 is 10.8 Å². The first kappa shape index (κ1) is 41.5. The van der Waals surface area contributed by atoms with Gasteiger partial charge >= 0.3 is 0 Å². The summed E-state index contributed by atoms with van der Waals surface area (Å²) in [5.41, 5.74) is 25.2. The van der Waals surface area contributed by atoms with Crippen LogP contribution in [0.3, 0.4) is 0 Å². The summed E-state index contributed by atoms with van der Waals surface area (Å²) in [7, 11) is 0. The number of fused-ring (bicyclic) bond motifs is 14. The second-order valence-electron chi connectivity index (χ2n) is 19.9. The highest BCUT2D eigenvalue weighted by atomic mass is 15.1. The summed E-state index contributed by atoms with van der Waals surface area (Å²) in [5.74, 6) is 0. The van der Waals surface area contributed by atoms with Crippen LogP contribution in [0.15, 0.2) is 285 Å². The number of rotatable bonds is 7. The molecule has 0 heterocycles. The van der Waals surface area contributed by atoms with Gasteiger partial charge in [-0.2, -0.15) is 0 Å². The van der Waals surface area contributed by atoms with Crippen molar-refractivity contribution in [3.05, 3.63) is 330 Å². The molecule has 1 spiro atoms. The van der Waals surface area contributed by atoms with Crippen LogP contribution in [0.4, 0.5) is 17.1 Å². The molecule has 15 rings (SSSR count). The van der Waals surface area contributed by atoms with E-state index in [1.54, 1.807) is 0 Å². The summed E-state index contributed by atoms with van der Waals surface area (Å²) in [4.78, 5) is 2.50. The molecule has 0 N–H and O–H groups in total. The van der Waals surface area contributed by atoms with Gasteiger partial charge in [-0.1, -0.05) is 243 Å². The molecule has 0 aliphatic heterocycles. The number of benzene rings is 12. The van der Waals surface area contributed by atoms with Crippen molar-refractivity contribution >= 4 is 27.8 Å². The molecule has 12 aromatic carbocycles. The molecule has 0 atom stereocenters. The first-order chi connectivity index (χ1) is 36.2. The Balaban J connectivity index is 0.929. The Bertz CT molecular complexity index is 3920. The van der Waals surface area contributed by atoms with E-state index in [2.05, 4.69) is 290 Å². The molecule has 340 valence electrons. The average molecular weight is 926 g/mol. The number of anilines is 3. The Kier molecular flexibility index (Phi) is 9.16. The highest BCUT2D eigenvalue weighted by Gasteiger charge is 2.52. The highest BCUT2D eigenvalue weighted by Crippen LogP contribution is 2.64. The molecular formula is C72H47N. The molecular weight excluding hydrogens is 879 g/mol. The first-order valence-corrected chi connectivity index (χ1v) is 25.5. The quantitative estimate of drug-likeness (QED) is 0.154. The molecule has 0 saturated heterocycles. The molecule has 3 aliphatic carbocycles. The van der Waals surface area contributed by atoms with Crippen molar-refractivity contribution in [2.24, 2.45) is 0 Å². The highest BCUT2D eigenvalue weighted by molar-refractivity contribution is 5.97. The van der Waals surface area contributed by atoms with E-state index in [-0.39, 0.29) is 0 Å². The lowest BCUT2D eigenvalue weighted by molar-refractivity contribution is 0.768. The van der Waals surface area contributed by atoms with Crippen molar-refractivity contribution in [1.82, 2.24) is 0 Å². The third kappa shape index (κ3) is 5.97. The molecule has 0 fully saturated rings. The van der Waals surface area contributed by atoms with Crippen LogP contribution in [-0.4, -0.2) is 0 Å². The van der Waals surface area contributed by atoms with Gasteiger partial charge in [-0.15, -0.1) is 0 Å². The Hall–Kier alpha value is -9.30. The first-order valence-electron chi connectivity index (χ1n) is 25.5. The lowest BCUT2D eigenvalue weighted by Crippen LogP contribution is -2.28. The zero-order valence-corrected chi connectivity index (χ0v) is 40.1. The number of nitrogens with zero attached hydrogens (tertiary/aromatic N) is 1. The smallest absolute Gasteiger partial charge is 0.0726 e. The standard InChI is InChI=1S/C72H47N/c1-3-19-54(20-4-1)71(55-21-5-2-6-22-55)65-27-13-9-25-61(65)63-43-41-57(46-69(63)71)73(56-39-37-50(38-40-56)49-31-33-51(34-32-49)53-36-35-48-17-7-8-18-52(48)45-53)58-42-44-64-62-26-12-16-30-68(62)72(70(64)47-58)66-28-14-10-23-59(66)60-24-11-15-29-67(60)72/h1-47H. The molecule has 1 heteroatoms. The maximum atomic E-state index is 2.51. The molecule has 0 unspecified atom stereocenters. The van der Waals surface area contributed by atoms with Crippen LogP contribution < -0.4 is 4.90 Å². The minimum absolute atomic E-state index is 0.473. The van der Waals surface area contributed by atoms with E-state index in [0.29, 0.717) is 0 Å². The Labute approximate surface area is 426 Å². The average Bonchev–Trinajstić information content (AvgIpc) is 4.09. The van der Waals surface area contributed by atoms with E-state index in [1.165, 1.54) is 111 Å². The number of hydrogen-bond acceptors (Lipinski definition) is 1. The molecule has 0 radical (unpaired) electrons. The van der Waals surface area contributed by atoms with Gasteiger partial charge in [0.1, 0.15) is 0 Å². The van der Waals surface area contributed by atoms with Gasteiger partial charge in [0, 0.05) is 17.1 Å². The minimum Gasteiger partial charge on any atom is -0.310 e. The predicted octanol–water partition coefficient (Wildman–Crippen LogP) is 18.4. The topological polar surface area (TPSA) is 3.24 Å². The molecule has 0 amide bonds. The van der Waals surface area contributed by atoms with Crippen LogP contribution >= 0.6 is 0 Å². The summed E-state index contributed by atoms with van der Waals surface area (Å²) < 4.78 is 0. The zero-order valence-electron chi connectivity index (χ0n) is 40.1. The fourth-order valence-corrected chi connectivity index (χ4v) is 13.3. The van der Waals surface area contributed by atoms with E-state index in [9.17, 15) is 0 Å². The fourth-order valence-electron chi connectivity index (χ4n) is 13.3. The maximum Gasteiger partial charge on any atom is 0.0726 e. The minimum atomic E-state index is -0.542. The second-order valence-corrected chi connectivity index (χ2v) is 19.9. The van der Waals surface area contributed by atoms with Crippen LogP contribution in [-0.2, 0) is 10.8 Å². The summed E-state index contributed by atoms with van der Waals surface area (Å²) in [6, 6.07) is 107. The van der Waals surface area contributed by atoms with Crippen molar-refractivity contribution < 1.29 is 0 Å². The van der Waals surface area contributed by atoms with Crippen molar-refractivity contribution in [2.45, 2.75) is 10.8 Å². The van der Waals surface area contributed by atoms with Gasteiger partial charge < -0.3 is 4.90 Å². The molecule has 1 nitrogen and oxygen atoms in total. The largest absolute Gasteiger partial charge is 0.310 e. The summed E-state index contributed by atoms with van der Waals surface area (Å²) >= 11 is 0. The third-order valence-electron chi connectivity index (χ3n) is 16.4. The van der Waals surface area contributed by atoms with E-state index in [0.717, 1.165) is 17.1 Å². The van der Waals surface area contributed by atoms with Crippen LogP contribution in [0.2, 0.25) is 0 Å². The van der Waals surface area contributed by atoms with Gasteiger partial charge in [-0.25, -0.2) is 0 Å².